The minimum absolute atomic E-state index is 0.0212. The van der Waals surface area contributed by atoms with Crippen molar-refractivity contribution < 1.29 is 17.9 Å². The highest BCUT2D eigenvalue weighted by Gasteiger charge is 2.21. The van der Waals surface area contributed by atoms with Crippen LogP contribution >= 0.6 is 11.3 Å². The Bertz CT molecular complexity index is 1310. The number of aromatic nitrogens is 2. The standard InChI is InChI=1S/C23H19N3O4S2/c1-26(32(28,29)20-7-3-2-4-8-20)18-10-12-19(13-11-18)30-22(27)15-17-16-31-23(25-17)21-9-5-6-14-24-21/h2-14,16H,15H2,1H3. The first-order chi connectivity index (χ1) is 15.4. The number of sulfonamides is 1. The van der Waals surface area contributed by atoms with E-state index in [-0.39, 0.29) is 11.3 Å². The zero-order valence-corrected chi connectivity index (χ0v) is 18.7. The molecule has 0 aliphatic rings. The zero-order valence-electron chi connectivity index (χ0n) is 17.1. The number of pyridine rings is 1. The Morgan fingerprint density at radius 1 is 1.00 bits per heavy atom. The molecule has 4 rings (SSSR count). The molecule has 7 nitrogen and oxygen atoms in total. The molecule has 0 bridgehead atoms. The van der Waals surface area contributed by atoms with Crippen molar-refractivity contribution in [1.29, 1.82) is 0 Å². The first-order valence-electron chi connectivity index (χ1n) is 9.64. The van der Waals surface area contributed by atoms with Crippen molar-refractivity contribution in [3.63, 3.8) is 0 Å². The van der Waals surface area contributed by atoms with E-state index >= 15 is 0 Å². The highest BCUT2D eigenvalue weighted by molar-refractivity contribution is 7.92. The van der Waals surface area contributed by atoms with Crippen molar-refractivity contribution >= 4 is 33.0 Å². The lowest BCUT2D eigenvalue weighted by atomic mass is 10.3. The molecule has 0 unspecified atom stereocenters. The van der Waals surface area contributed by atoms with E-state index in [1.165, 1.54) is 22.7 Å². The Morgan fingerprint density at radius 2 is 1.72 bits per heavy atom. The lowest BCUT2D eigenvalue weighted by Gasteiger charge is -2.19. The molecule has 0 amide bonds. The summed E-state index contributed by atoms with van der Waals surface area (Å²) in [5, 5.41) is 2.54. The molecule has 2 heterocycles. The minimum Gasteiger partial charge on any atom is -0.426 e. The third-order valence-corrected chi connectivity index (χ3v) is 7.31. The first kappa shape index (κ1) is 21.7. The number of nitrogens with zero attached hydrogens (tertiary/aromatic N) is 3. The molecule has 0 aliphatic heterocycles. The van der Waals surface area contributed by atoms with Crippen LogP contribution in [-0.4, -0.2) is 31.4 Å². The fourth-order valence-electron chi connectivity index (χ4n) is 2.92. The number of thiazole rings is 1. The van der Waals surface area contributed by atoms with Gasteiger partial charge in [0.1, 0.15) is 10.8 Å². The summed E-state index contributed by atoms with van der Waals surface area (Å²) in [6.45, 7) is 0. The van der Waals surface area contributed by atoms with Crippen LogP contribution in [0.15, 0.2) is 89.3 Å². The van der Waals surface area contributed by atoms with Crippen molar-refractivity contribution in [2.24, 2.45) is 0 Å². The summed E-state index contributed by atoms with van der Waals surface area (Å²) in [6.07, 6.45) is 1.71. The maximum atomic E-state index is 12.7. The zero-order chi connectivity index (χ0) is 22.6. The highest BCUT2D eigenvalue weighted by Crippen LogP contribution is 2.25. The predicted octanol–water partition coefficient (Wildman–Crippen LogP) is 4.18. The van der Waals surface area contributed by atoms with Gasteiger partial charge in [-0.1, -0.05) is 24.3 Å². The van der Waals surface area contributed by atoms with Crippen LogP contribution in [0.5, 0.6) is 5.75 Å². The maximum Gasteiger partial charge on any atom is 0.317 e. The van der Waals surface area contributed by atoms with Gasteiger partial charge in [0.25, 0.3) is 10.0 Å². The van der Waals surface area contributed by atoms with E-state index in [9.17, 15) is 13.2 Å². The summed E-state index contributed by atoms with van der Waals surface area (Å²) >= 11 is 1.41. The summed E-state index contributed by atoms with van der Waals surface area (Å²) in [5.41, 5.74) is 1.81. The molecule has 32 heavy (non-hydrogen) atoms. The van der Waals surface area contributed by atoms with E-state index in [1.54, 1.807) is 66.2 Å². The smallest absolute Gasteiger partial charge is 0.317 e. The molecule has 0 spiro atoms. The van der Waals surface area contributed by atoms with Gasteiger partial charge in [0.05, 0.1) is 28.4 Å². The molecule has 162 valence electrons. The van der Waals surface area contributed by atoms with Crippen LogP contribution in [0.3, 0.4) is 0 Å². The number of hydrogen-bond acceptors (Lipinski definition) is 7. The van der Waals surface area contributed by atoms with Crippen molar-refractivity contribution in [3.05, 3.63) is 90.1 Å². The van der Waals surface area contributed by atoms with Gasteiger partial charge in [0.15, 0.2) is 0 Å². The van der Waals surface area contributed by atoms with Crippen molar-refractivity contribution in [3.8, 4) is 16.5 Å². The Kier molecular flexibility index (Phi) is 6.29. The second-order valence-electron chi connectivity index (χ2n) is 6.79. The van der Waals surface area contributed by atoms with Gasteiger partial charge < -0.3 is 4.74 Å². The predicted molar refractivity (Wildman–Crippen MR) is 123 cm³/mol. The lowest BCUT2D eigenvalue weighted by Crippen LogP contribution is -2.26. The maximum absolute atomic E-state index is 12.7. The lowest BCUT2D eigenvalue weighted by molar-refractivity contribution is -0.133. The Balaban J connectivity index is 1.39. The molecular formula is C23H19N3O4S2. The van der Waals surface area contributed by atoms with E-state index in [0.29, 0.717) is 17.1 Å². The second kappa shape index (κ2) is 9.29. The molecule has 0 saturated heterocycles. The van der Waals surface area contributed by atoms with Crippen LogP contribution in [0, 0.1) is 0 Å². The van der Waals surface area contributed by atoms with Crippen molar-refractivity contribution in [1.82, 2.24) is 9.97 Å². The molecule has 4 aromatic rings. The van der Waals surface area contributed by atoms with Gasteiger partial charge in [-0.3, -0.25) is 14.1 Å². The average molecular weight is 466 g/mol. The molecule has 0 aliphatic carbocycles. The summed E-state index contributed by atoms with van der Waals surface area (Å²) in [5.74, 6) is -0.134. The number of rotatable bonds is 7. The molecule has 2 aromatic carbocycles. The minimum atomic E-state index is -3.68. The van der Waals surface area contributed by atoms with Gasteiger partial charge in [0.2, 0.25) is 0 Å². The number of esters is 1. The number of hydrogen-bond donors (Lipinski definition) is 0. The monoisotopic (exact) mass is 465 g/mol. The third kappa shape index (κ3) is 4.84. The van der Waals surface area contributed by atoms with Gasteiger partial charge in [-0.25, -0.2) is 13.4 Å². The summed E-state index contributed by atoms with van der Waals surface area (Å²) in [6, 6.07) is 20.0. The van der Waals surface area contributed by atoms with Crippen molar-refractivity contribution in [2.75, 3.05) is 11.4 Å². The van der Waals surface area contributed by atoms with Crippen LogP contribution in [0.4, 0.5) is 5.69 Å². The third-order valence-electron chi connectivity index (χ3n) is 4.59. The first-order valence-corrected chi connectivity index (χ1v) is 12.0. The highest BCUT2D eigenvalue weighted by atomic mass is 32.2. The Labute approximate surface area is 190 Å². The van der Waals surface area contributed by atoms with Gasteiger partial charge in [-0.15, -0.1) is 11.3 Å². The summed E-state index contributed by atoms with van der Waals surface area (Å²) < 4.78 is 32.0. The fraction of sp³-hybridized carbons (Fsp3) is 0.0870. The van der Waals surface area contributed by atoms with Crippen LogP contribution in [0.25, 0.3) is 10.7 Å². The van der Waals surface area contributed by atoms with E-state index in [1.807, 2.05) is 18.2 Å². The summed E-state index contributed by atoms with van der Waals surface area (Å²) in [7, 11) is -2.20. The van der Waals surface area contributed by atoms with Gasteiger partial charge in [0, 0.05) is 18.6 Å². The second-order valence-corrected chi connectivity index (χ2v) is 9.62. The fourth-order valence-corrected chi connectivity index (χ4v) is 4.94. The molecule has 0 saturated carbocycles. The van der Waals surface area contributed by atoms with Gasteiger partial charge in [-0.2, -0.15) is 0 Å². The molecule has 0 fully saturated rings. The van der Waals surface area contributed by atoms with Crippen LogP contribution < -0.4 is 9.04 Å². The van der Waals surface area contributed by atoms with Gasteiger partial charge in [-0.05, 0) is 48.5 Å². The normalized spacial score (nSPS) is 11.2. The number of carbonyl (C=O) groups is 1. The number of carbonyl (C=O) groups excluding carboxylic acids is 1. The summed E-state index contributed by atoms with van der Waals surface area (Å²) in [4.78, 5) is 21.2. The SMILES string of the molecule is CN(c1ccc(OC(=O)Cc2csc(-c3ccccn3)n2)cc1)S(=O)(=O)c1ccccc1. The number of benzene rings is 2. The van der Waals surface area contributed by atoms with E-state index in [0.717, 1.165) is 10.7 Å². The number of anilines is 1. The average Bonchev–Trinajstić information content (AvgIpc) is 3.28. The topological polar surface area (TPSA) is 89.5 Å². The quantitative estimate of drug-likeness (QED) is 0.301. The molecular weight excluding hydrogens is 446 g/mol. The van der Waals surface area contributed by atoms with Crippen LogP contribution in [-0.2, 0) is 21.2 Å². The largest absolute Gasteiger partial charge is 0.426 e. The molecule has 0 atom stereocenters. The van der Waals surface area contributed by atoms with Crippen LogP contribution in [0.1, 0.15) is 5.69 Å². The van der Waals surface area contributed by atoms with E-state index < -0.39 is 16.0 Å². The van der Waals surface area contributed by atoms with E-state index in [4.69, 9.17) is 4.74 Å². The number of ether oxygens (including phenoxy) is 1. The molecule has 9 heteroatoms. The Morgan fingerprint density at radius 3 is 2.41 bits per heavy atom. The molecule has 2 aromatic heterocycles. The Hall–Kier alpha value is -3.56. The molecule has 0 radical (unpaired) electrons. The molecule has 0 N–H and O–H groups in total. The van der Waals surface area contributed by atoms with E-state index in [2.05, 4.69) is 9.97 Å². The van der Waals surface area contributed by atoms with Gasteiger partial charge >= 0.3 is 5.97 Å². The van der Waals surface area contributed by atoms with Crippen molar-refractivity contribution in [2.45, 2.75) is 11.3 Å². The van der Waals surface area contributed by atoms with Crippen LogP contribution in [0.2, 0.25) is 0 Å².